The molecule has 1 aliphatic heterocycles. The van der Waals surface area contributed by atoms with E-state index in [9.17, 15) is 24.5 Å². The summed E-state index contributed by atoms with van der Waals surface area (Å²) < 4.78 is 21.9. The molecule has 4 unspecified atom stereocenters. The van der Waals surface area contributed by atoms with Crippen LogP contribution in [-0.2, 0) is 33.3 Å². The monoisotopic (exact) mass is 449 g/mol. The lowest BCUT2D eigenvalue weighted by atomic mass is 10.1. The molecule has 0 amide bonds. The van der Waals surface area contributed by atoms with Gasteiger partial charge in [0.1, 0.15) is 12.7 Å². The van der Waals surface area contributed by atoms with Gasteiger partial charge in [0.05, 0.1) is 0 Å². The maximum atomic E-state index is 11.5. The van der Waals surface area contributed by atoms with Crippen molar-refractivity contribution >= 4 is 39.7 Å². The molecule has 0 bridgehead atoms. The number of nitrogens with zero attached hydrogens (tertiary/aromatic N) is 3. The minimum absolute atomic E-state index is 0.0647. The van der Waals surface area contributed by atoms with Gasteiger partial charge in [-0.2, -0.15) is 4.57 Å². The molecule has 13 heteroatoms. The van der Waals surface area contributed by atoms with Gasteiger partial charge in [0, 0.05) is 20.8 Å². The summed E-state index contributed by atoms with van der Waals surface area (Å²) in [7, 11) is 0. The van der Waals surface area contributed by atoms with Crippen molar-refractivity contribution in [3.63, 3.8) is 0 Å². The Labute approximate surface area is 161 Å². The molecule has 2 heterocycles. The number of esters is 3. The Morgan fingerprint density at radius 2 is 1.81 bits per heavy atom. The maximum absolute atomic E-state index is 11.5. The van der Waals surface area contributed by atoms with Crippen LogP contribution >= 0.6 is 15.9 Å². The third kappa shape index (κ3) is 4.80. The molecule has 1 aromatic rings. The first-order valence-electron chi connectivity index (χ1n) is 7.61. The summed E-state index contributed by atoms with van der Waals surface area (Å²) in [5, 5.41) is 11.3. The minimum Gasteiger partial charge on any atom is -0.463 e. The number of carbonyl (C=O) groups is 3. The normalized spacial score (nSPS) is 24.3. The Bertz CT molecular complexity index is 765. The van der Waals surface area contributed by atoms with E-state index < -0.39 is 53.2 Å². The molecule has 0 saturated carbocycles. The molecule has 1 aromatic heterocycles. The van der Waals surface area contributed by atoms with Crippen LogP contribution < -0.4 is 0 Å². The van der Waals surface area contributed by atoms with E-state index >= 15 is 0 Å². The highest BCUT2D eigenvalue weighted by Crippen LogP contribution is 2.38. The Hall–Kier alpha value is -2.54. The number of nitro groups is 1. The van der Waals surface area contributed by atoms with E-state index in [1.54, 1.807) is 0 Å². The van der Waals surface area contributed by atoms with E-state index in [1.807, 2.05) is 0 Å². The summed E-state index contributed by atoms with van der Waals surface area (Å²) in [5.41, 5.74) is 0. The van der Waals surface area contributed by atoms with Crippen molar-refractivity contribution in [3.8, 4) is 0 Å². The van der Waals surface area contributed by atoms with Crippen LogP contribution in [0.15, 0.2) is 10.9 Å². The topological polar surface area (TPSA) is 149 Å². The molecule has 12 nitrogen and oxygen atoms in total. The van der Waals surface area contributed by atoms with E-state index in [0.717, 1.165) is 24.7 Å². The highest BCUT2D eigenvalue weighted by molar-refractivity contribution is 9.10. The van der Waals surface area contributed by atoms with Crippen molar-refractivity contribution in [1.82, 2.24) is 9.55 Å². The fraction of sp³-hybridized carbons (Fsp3) is 0.571. The molecule has 0 aromatic carbocycles. The second kappa shape index (κ2) is 8.43. The lowest BCUT2D eigenvalue weighted by molar-refractivity contribution is -0.395. The molecule has 27 heavy (non-hydrogen) atoms. The fourth-order valence-corrected chi connectivity index (χ4v) is 3.05. The van der Waals surface area contributed by atoms with E-state index in [2.05, 4.69) is 20.9 Å². The molecule has 1 aliphatic rings. The van der Waals surface area contributed by atoms with Gasteiger partial charge in [-0.05, 0) is 20.9 Å². The average molecular weight is 450 g/mol. The molecule has 0 N–H and O–H groups in total. The Morgan fingerprint density at radius 3 is 2.33 bits per heavy atom. The van der Waals surface area contributed by atoms with E-state index in [0.29, 0.717) is 0 Å². The van der Waals surface area contributed by atoms with Gasteiger partial charge in [-0.15, -0.1) is 0 Å². The molecule has 1 fully saturated rings. The highest BCUT2D eigenvalue weighted by atomic mass is 79.9. The summed E-state index contributed by atoms with van der Waals surface area (Å²) in [6, 6.07) is 0. The molecule has 2 rings (SSSR count). The number of hydrogen-bond acceptors (Lipinski definition) is 10. The van der Waals surface area contributed by atoms with E-state index in [1.165, 1.54) is 6.92 Å². The predicted octanol–water partition coefficient (Wildman–Crippen LogP) is 0.878. The van der Waals surface area contributed by atoms with Gasteiger partial charge in [-0.3, -0.25) is 14.4 Å². The third-order valence-corrected chi connectivity index (χ3v) is 4.07. The second-order valence-electron chi connectivity index (χ2n) is 5.54. The average Bonchev–Trinajstić information content (AvgIpc) is 3.06. The third-order valence-electron chi connectivity index (χ3n) is 3.51. The first-order valence-corrected chi connectivity index (χ1v) is 8.41. The van der Waals surface area contributed by atoms with Gasteiger partial charge < -0.3 is 29.1 Å². The molecule has 0 spiro atoms. The van der Waals surface area contributed by atoms with Crippen LogP contribution in [0.25, 0.3) is 0 Å². The lowest BCUT2D eigenvalue weighted by Gasteiger charge is -2.22. The molecule has 148 valence electrons. The van der Waals surface area contributed by atoms with Gasteiger partial charge in [0.15, 0.2) is 12.4 Å². The van der Waals surface area contributed by atoms with Gasteiger partial charge in [-0.1, -0.05) is 0 Å². The molecule has 1 saturated heterocycles. The molecule has 0 radical (unpaired) electrons. The quantitative estimate of drug-likeness (QED) is 0.265. The summed E-state index contributed by atoms with van der Waals surface area (Å²) in [6.45, 7) is 3.12. The van der Waals surface area contributed by atoms with Crippen molar-refractivity contribution in [2.75, 3.05) is 6.61 Å². The van der Waals surface area contributed by atoms with Gasteiger partial charge >= 0.3 is 23.7 Å². The largest absolute Gasteiger partial charge is 0.463 e. The van der Waals surface area contributed by atoms with Crippen molar-refractivity contribution in [1.29, 1.82) is 0 Å². The number of halogens is 1. The number of imidazole rings is 1. The molecule has 0 aliphatic carbocycles. The first-order chi connectivity index (χ1) is 12.6. The van der Waals surface area contributed by atoms with Gasteiger partial charge in [0.25, 0.3) is 0 Å². The zero-order valence-electron chi connectivity index (χ0n) is 14.5. The van der Waals surface area contributed by atoms with Crippen LogP contribution in [0, 0.1) is 10.1 Å². The molecule has 4 atom stereocenters. The van der Waals surface area contributed by atoms with Crippen LogP contribution in [0.3, 0.4) is 0 Å². The van der Waals surface area contributed by atoms with Crippen molar-refractivity contribution in [3.05, 3.63) is 21.0 Å². The molecular weight excluding hydrogens is 434 g/mol. The van der Waals surface area contributed by atoms with Crippen LogP contribution in [0.4, 0.5) is 5.82 Å². The number of aromatic nitrogens is 2. The Morgan fingerprint density at radius 1 is 1.22 bits per heavy atom. The minimum atomic E-state index is -1.24. The fourth-order valence-electron chi connectivity index (χ4n) is 2.60. The van der Waals surface area contributed by atoms with Crippen molar-refractivity contribution in [2.45, 2.75) is 45.3 Å². The van der Waals surface area contributed by atoms with E-state index in [-0.39, 0.29) is 11.2 Å². The van der Waals surface area contributed by atoms with Gasteiger partial charge in [-0.25, -0.2) is 4.98 Å². The maximum Gasteiger partial charge on any atom is 0.359 e. The summed E-state index contributed by atoms with van der Waals surface area (Å²) >= 11 is 2.96. The van der Waals surface area contributed by atoms with E-state index in [4.69, 9.17) is 18.9 Å². The van der Waals surface area contributed by atoms with Gasteiger partial charge in [0.2, 0.25) is 16.9 Å². The van der Waals surface area contributed by atoms with Crippen LogP contribution in [0.1, 0.15) is 27.0 Å². The Balaban J connectivity index is 2.44. The number of carbonyl (C=O) groups excluding carboxylic acids is 3. The lowest BCUT2D eigenvalue weighted by Crippen LogP contribution is -2.40. The highest BCUT2D eigenvalue weighted by Gasteiger charge is 2.54. The predicted molar refractivity (Wildman–Crippen MR) is 88.2 cm³/mol. The summed E-state index contributed by atoms with van der Waals surface area (Å²) in [6.07, 6.45) is -3.53. The van der Waals surface area contributed by atoms with Crippen LogP contribution in [0.2, 0.25) is 0 Å². The Kier molecular flexibility index (Phi) is 6.49. The standard InChI is InChI=1S/C14H16BrN3O9/c1-6(19)24-4-9-10(25-7(2)20)11(26-8(3)21)14(27-9)17-5-16-12(15)13(17)18(22)23/h5,9-11,14H,4H2,1-3H3. The first kappa shape index (κ1) is 20.8. The van der Waals surface area contributed by atoms with Crippen LogP contribution in [-0.4, -0.2) is 57.3 Å². The SMILES string of the molecule is CC(=O)OCC1OC(n2cnc(Br)c2[N+](=O)[O-])C(OC(C)=O)C1OC(C)=O. The summed E-state index contributed by atoms with van der Waals surface area (Å²) in [5.74, 6) is -2.48. The number of ether oxygens (including phenoxy) is 4. The van der Waals surface area contributed by atoms with Crippen LogP contribution in [0.5, 0.6) is 0 Å². The second-order valence-corrected chi connectivity index (χ2v) is 6.29. The number of hydrogen-bond donors (Lipinski definition) is 0. The summed E-state index contributed by atoms with van der Waals surface area (Å²) in [4.78, 5) is 48.6. The smallest absolute Gasteiger partial charge is 0.359 e. The molecular formula is C14H16BrN3O9. The number of rotatable bonds is 6. The van der Waals surface area contributed by atoms with Crippen molar-refractivity contribution < 1.29 is 38.3 Å². The van der Waals surface area contributed by atoms with Crippen molar-refractivity contribution in [2.24, 2.45) is 0 Å². The zero-order chi connectivity index (χ0) is 20.3. The zero-order valence-corrected chi connectivity index (χ0v) is 16.1.